The first-order valence-corrected chi connectivity index (χ1v) is 6.37. The average Bonchev–Trinajstić information content (AvgIpc) is 2.23. The number of hydrogen-bond donors (Lipinski definition) is 1. The second-order valence-electron chi connectivity index (χ2n) is 4.49. The summed E-state index contributed by atoms with van der Waals surface area (Å²) >= 11 is 18.2. The second-order valence-corrected chi connectivity index (χ2v) is 5.68. The van der Waals surface area contributed by atoms with Crippen LogP contribution in [0.5, 0.6) is 0 Å². The Labute approximate surface area is 117 Å². The van der Waals surface area contributed by atoms with E-state index in [0.29, 0.717) is 28.2 Å². The Kier molecular flexibility index (Phi) is 5.55. The number of halogens is 3. The zero-order valence-corrected chi connectivity index (χ0v) is 12.4. The standard InChI is InChI=1S/C12H16Cl3NO/c1-12(2,7-17-3)16-6-8-9(13)4-5-10(14)11(8)15/h4-5,16H,6-7H2,1-3H3. The van der Waals surface area contributed by atoms with Crippen LogP contribution in [0.2, 0.25) is 15.1 Å². The van der Waals surface area contributed by atoms with E-state index in [9.17, 15) is 0 Å². The molecule has 0 bridgehead atoms. The van der Waals surface area contributed by atoms with Crippen molar-refractivity contribution in [2.45, 2.75) is 25.9 Å². The first-order chi connectivity index (χ1) is 7.87. The van der Waals surface area contributed by atoms with E-state index in [1.807, 2.05) is 13.8 Å². The molecule has 0 amide bonds. The van der Waals surface area contributed by atoms with Gasteiger partial charge in [0.1, 0.15) is 0 Å². The minimum Gasteiger partial charge on any atom is -0.383 e. The molecule has 17 heavy (non-hydrogen) atoms. The molecule has 1 rings (SSSR count). The van der Waals surface area contributed by atoms with E-state index in [4.69, 9.17) is 39.5 Å². The van der Waals surface area contributed by atoms with Crippen molar-refractivity contribution in [3.63, 3.8) is 0 Å². The molecule has 0 unspecified atom stereocenters. The Morgan fingerprint density at radius 1 is 1.18 bits per heavy atom. The quantitative estimate of drug-likeness (QED) is 0.824. The molecule has 1 N–H and O–H groups in total. The van der Waals surface area contributed by atoms with Crippen molar-refractivity contribution in [2.24, 2.45) is 0 Å². The van der Waals surface area contributed by atoms with Crippen LogP contribution in [0.15, 0.2) is 12.1 Å². The van der Waals surface area contributed by atoms with Gasteiger partial charge in [-0.1, -0.05) is 34.8 Å². The van der Waals surface area contributed by atoms with Crippen molar-refractivity contribution in [3.8, 4) is 0 Å². The minimum atomic E-state index is -0.149. The lowest BCUT2D eigenvalue weighted by Gasteiger charge is -2.26. The summed E-state index contributed by atoms with van der Waals surface area (Å²) in [6, 6.07) is 3.44. The Morgan fingerprint density at radius 3 is 2.35 bits per heavy atom. The number of rotatable bonds is 5. The van der Waals surface area contributed by atoms with Gasteiger partial charge in [0.15, 0.2) is 0 Å². The van der Waals surface area contributed by atoms with Crippen molar-refractivity contribution in [3.05, 3.63) is 32.8 Å². The predicted molar refractivity (Wildman–Crippen MR) is 74.3 cm³/mol. The number of benzene rings is 1. The van der Waals surface area contributed by atoms with Gasteiger partial charge in [-0.2, -0.15) is 0 Å². The lowest BCUT2D eigenvalue weighted by Crippen LogP contribution is -2.42. The molecule has 0 radical (unpaired) electrons. The molecule has 0 saturated carbocycles. The minimum absolute atomic E-state index is 0.149. The number of ether oxygens (including phenoxy) is 1. The smallest absolute Gasteiger partial charge is 0.0652 e. The summed E-state index contributed by atoms with van der Waals surface area (Å²) in [7, 11) is 1.67. The van der Waals surface area contributed by atoms with Crippen LogP contribution in [0, 0.1) is 0 Å². The highest BCUT2D eigenvalue weighted by Gasteiger charge is 2.18. The number of nitrogens with one attached hydrogen (secondary N) is 1. The molecule has 0 saturated heterocycles. The van der Waals surface area contributed by atoms with Crippen LogP contribution < -0.4 is 5.32 Å². The molecule has 0 aliphatic carbocycles. The third kappa shape index (κ3) is 4.31. The van der Waals surface area contributed by atoms with Crippen LogP contribution in [0.25, 0.3) is 0 Å². The fourth-order valence-corrected chi connectivity index (χ4v) is 2.15. The summed E-state index contributed by atoms with van der Waals surface area (Å²) in [6.45, 7) is 5.24. The summed E-state index contributed by atoms with van der Waals surface area (Å²) in [5, 5.41) is 4.96. The lowest BCUT2D eigenvalue weighted by molar-refractivity contribution is 0.128. The third-order valence-corrected chi connectivity index (χ3v) is 3.59. The van der Waals surface area contributed by atoms with E-state index in [-0.39, 0.29) is 5.54 Å². The van der Waals surface area contributed by atoms with Crippen molar-refractivity contribution in [1.29, 1.82) is 0 Å². The molecule has 0 aliphatic heterocycles. The summed E-state index contributed by atoms with van der Waals surface area (Å²) in [5.41, 5.74) is 0.661. The molecular weight excluding hydrogens is 280 g/mol. The maximum Gasteiger partial charge on any atom is 0.0652 e. The van der Waals surface area contributed by atoms with Gasteiger partial charge in [0.05, 0.1) is 16.7 Å². The summed E-state index contributed by atoms with van der Waals surface area (Å²) in [4.78, 5) is 0. The molecule has 96 valence electrons. The third-order valence-electron chi connectivity index (χ3n) is 2.39. The Balaban J connectivity index is 2.79. The molecular formula is C12H16Cl3NO. The van der Waals surface area contributed by atoms with Gasteiger partial charge in [0, 0.05) is 29.8 Å². The zero-order chi connectivity index (χ0) is 13.1. The zero-order valence-electron chi connectivity index (χ0n) is 10.1. The predicted octanol–water partition coefficient (Wildman–Crippen LogP) is 4.16. The van der Waals surface area contributed by atoms with Crippen molar-refractivity contribution in [2.75, 3.05) is 13.7 Å². The van der Waals surface area contributed by atoms with Crippen molar-refractivity contribution >= 4 is 34.8 Å². The largest absolute Gasteiger partial charge is 0.383 e. The SMILES string of the molecule is COCC(C)(C)NCc1c(Cl)ccc(Cl)c1Cl. The van der Waals surface area contributed by atoms with Crippen LogP contribution >= 0.6 is 34.8 Å². The van der Waals surface area contributed by atoms with E-state index in [0.717, 1.165) is 5.56 Å². The monoisotopic (exact) mass is 295 g/mol. The van der Waals surface area contributed by atoms with Crippen LogP contribution in [0.3, 0.4) is 0 Å². The van der Waals surface area contributed by atoms with E-state index < -0.39 is 0 Å². The molecule has 0 atom stereocenters. The van der Waals surface area contributed by atoms with Gasteiger partial charge in [-0.05, 0) is 26.0 Å². The van der Waals surface area contributed by atoms with Gasteiger partial charge >= 0.3 is 0 Å². The Bertz CT molecular complexity index is 394. The van der Waals surface area contributed by atoms with E-state index in [1.54, 1.807) is 19.2 Å². The van der Waals surface area contributed by atoms with Gasteiger partial charge in [-0.15, -0.1) is 0 Å². The number of hydrogen-bond acceptors (Lipinski definition) is 2. The topological polar surface area (TPSA) is 21.3 Å². The molecule has 2 nitrogen and oxygen atoms in total. The van der Waals surface area contributed by atoms with Crippen molar-refractivity contribution in [1.82, 2.24) is 5.32 Å². The molecule has 1 aromatic carbocycles. The summed E-state index contributed by atoms with van der Waals surface area (Å²) in [6.07, 6.45) is 0. The highest BCUT2D eigenvalue weighted by Crippen LogP contribution is 2.31. The fourth-order valence-electron chi connectivity index (χ4n) is 1.47. The highest BCUT2D eigenvalue weighted by atomic mass is 35.5. The number of methoxy groups -OCH3 is 1. The molecule has 0 aliphatic rings. The van der Waals surface area contributed by atoms with Gasteiger partial charge < -0.3 is 10.1 Å². The lowest BCUT2D eigenvalue weighted by atomic mass is 10.1. The van der Waals surface area contributed by atoms with Gasteiger partial charge in [0.25, 0.3) is 0 Å². The van der Waals surface area contributed by atoms with E-state index in [2.05, 4.69) is 5.32 Å². The van der Waals surface area contributed by atoms with Crippen LogP contribution in [-0.2, 0) is 11.3 Å². The molecule has 0 heterocycles. The molecule has 0 aromatic heterocycles. The summed E-state index contributed by atoms with van der Waals surface area (Å²) < 4.78 is 5.12. The first kappa shape index (κ1) is 15.1. The maximum atomic E-state index is 6.12. The first-order valence-electron chi connectivity index (χ1n) is 5.24. The fraction of sp³-hybridized carbons (Fsp3) is 0.500. The van der Waals surface area contributed by atoms with Crippen molar-refractivity contribution < 1.29 is 4.74 Å². The van der Waals surface area contributed by atoms with Crippen LogP contribution in [0.1, 0.15) is 19.4 Å². The summed E-state index contributed by atoms with van der Waals surface area (Å²) in [5.74, 6) is 0. The Morgan fingerprint density at radius 2 is 1.76 bits per heavy atom. The van der Waals surface area contributed by atoms with Crippen LogP contribution in [-0.4, -0.2) is 19.3 Å². The van der Waals surface area contributed by atoms with Gasteiger partial charge in [-0.25, -0.2) is 0 Å². The van der Waals surface area contributed by atoms with Gasteiger partial charge in [-0.3, -0.25) is 0 Å². The van der Waals surface area contributed by atoms with Crippen LogP contribution in [0.4, 0.5) is 0 Å². The Hall–Kier alpha value is 0.01000. The van der Waals surface area contributed by atoms with Gasteiger partial charge in [0.2, 0.25) is 0 Å². The second kappa shape index (κ2) is 6.26. The normalized spacial score (nSPS) is 11.9. The molecule has 1 aromatic rings. The average molecular weight is 297 g/mol. The molecule has 0 fully saturated rings. The molecule has 5 heteroatoms. The van der Waals surface area contributed by atoms with E-state index in [1.165, 1.54) is 0 Å². The highest BCUT2D eigenvalue weighted by molar-refractivity contribution is 6.44. The maximum absolute atomic E-state index is 6.12. The van der Waals surface area contributed by atoms with E-state index >= 15 is 0 Å². The molecule has 0 spiro atoms.